The van der Waals surface area contributed by atoms with Crippen molar-refractivity contribution >= 4 is 5.97 Å². The third-order valence-corrected chi connectivity index (χ3v) is 11.5. The summed E-state index contributed by atoms with van der Waals surface area (Å²) in [5.41, 5.74) is 0.579. The lowest BCUT2D eigenvalue weighted by Gasteiger charge is -2.64. The summed E-state index contributed by atoms with van der Waals surface area (Å²) >= 11 is 0. The highest BCUT2D eigenvalue weighted by atomic mass is 16.4. The van der Waals surface area contributed by atoms with Gasteiger partial charge >= 0.3 is 5.97 Å². The average molecular weight is 449 g/mol. The molecule has 184 valence electrons. The van der Waals surface area contributed by atoms with Crippen molar-refractivity contribution in [3.63, 3.8) is 0 Å². The molecule has 4 aliphatic rings. The minimum absolute atomic E-state index is 0.183. The number of aliphatic carboxylic acids is 1. The zero-order valence-electron chi connectivity index (χ0n) is 20.9. The van der Waals surface area contributed by atoms with E-state index in [2.05, 4.69) is 27.7 Å². The van der Waals surface area contributed by atoms with Gasteiger partial charge in [-0.3, -0.25) is 4.79 Å². The second kappa shape index (κ2) is 9.21. The molecule has 4 aliphatic carbocycles. The maximum Gasteiger partial charge on any atom is 0.303 e. The molecule has 0 heterocycles. The predicted molar refractivity (Wildman–Crippen MR) is 127 cm³/mol. The fourth-order valence-electron chi connectivity index (χ4n) is 9.88. The topological polar surface area (TPSA) is 77.8 Å². The van der Waals surface area contributed by atoms with Crippen LogP contribution >= 0.6 is 0 Å². The number of carboxylic acid groups (broad SMARTS) is 1. The minimum atomic E-state index is -0.678. The highest BCUT2D eigenvalue weighted by molar-refractivity contribution is 5.66. The van der Waals surface area contributed by atoms with E-state index in [9.17, 15) is 15.0 Å². The molecular weight excluding hydrogens is 400 g/mol. The number of hydrogen-bond acceptors (Lipinski definition) is 3. The largest absolute Gasteiger partial charge is 0.481 e. The Hall–Kier alpha value is -0.610. The SMILES string of the molecule is CCC1C(O)C2C3CCC(C(C)CCCCC(=O)O)C3(C)CCC2C2(C)CCC(O)CC12. The highest BCUT2D eigenvalue weighted by Gasteiger charge is 2.64. The maximum absolute atomic E-state index is 11.8. The molecule has 11 unspecified atom stereocenters. The Morgan fingerprint density at radius 3 is 2.34 bits per heavy atom. The molecule has 0 spiro atoms. The first-order valence-corrected chi connectivity index (χ1v) is 13.7. The summed E-state index contributed by atoms with van der Waals surface area (Å²) in [6.07, 6.45) is 11.8. The molecule has 32 heavy (non-hydrogen) atoms. The quantitative estimate of drug-likeness (QED) is 0.424. The summed E-state index contributed by atoms with van der Waals surface area (Å²) in [4.78, 5) is 10.9. The number of fused-ring (bicyclic) bond motifs is 5. The maximum atomic E-state index is 11.8. The molecule has 4 heteroatoms. The first kappa shape index (κ1) is 24.5. The van der Waals surface area contributed by atoms with Crippen LogP contribution in [0.4, 0.5) is 0 Å². The molecule has 3 N–H and O–H groups in total. The van der Waals surface area contributed by atoms with Crippen molar-refractivity contribution in [2.45, 2.75) is 117 Å². The van der Waals surface area contributed by atoms with Crippen LogP contribution in [0.15, 0.2) is 0 Å². The van der Waals surface area contributed by atoms with E-state index in [1.165, 1.54) is 25.7 Å². The lowest BCUT2D eigenvalue weighted by molar-refractivity contribution is -0.203. The van der Waals surface area contributed by atoms with Gasteiger partial charge < -0.3 is 15.3 Å². The van der Waals surface area contributed by atoms with E-state index in [0.29, 0.717) is 53.3 Å². The number of carboxylic acids is 1. The van der Waals surface area contributed by atoms with Crippen LogP contribution in [0.3, 0.4) is 0 Å². The van der Waals surface area contributed by atoms with E-state index in [1.54, 1.807) is 0 Å². The molecule has 0 amide bonds. The molecule has 0 aromatic heterocycles. The molecule has 0 aromatic rings. The molecule has 4 saturated carbocycles. The molecule has 4 rings (SSSR count). The van der Waals surface area contributed by atoms with E-state index in [1.807, 2.05) is 0 Å². The molecule has 0 radical (unpaired) electrons. The molecule has 4 nitrogen and oxygen atoms in total. The zero-order chi connectivity index (χ0) is 23.3. The molecule has 0 bridgehead atoms. The van der Waals surface area contributed by atoms with Gasteiger partial charge in [-0.25, -0.2) is 0 Å². The standard InChI is InChI=1S/C28H48O4/c1-5-19-23-16-18(29)12-14-28(23,4)22-13-15-27(3)20(10-11-21(27)25(22)26(19)32)17(2)8-6-7-9-24(30)31/h17-23,25-26,29,32H,5-16H2,1-4H3,(H,30,31). The van der Waals surface area contributed by atoms with E-state index in [4.69, 9.17) is 5.11 Å². The van der Waals surface area contributed by atoms with Crippen molar-refractivity contribution in [2.75, 3.05) is 0 Å². The van der Waals surface area contributed by atoms with Crippen molar-refractivity contribution in [3.8, 4) is 0 Å². The Bertz CT molecular complexity index is 678. The number of aliphatic hydroxyl groups is 2. The van der Waals surface area contributed by atoms with Gasteiger partial charge in [0.15, 0.2) is 0 Å². The number of hydrogen-bond donors (Lipinski definition) is 3. The Morgan fingerprint density at radius 1 is 0.969 bits per heavy atom. The van der Waals surface area contributed by atoms with E-state index in [-0.39, 0.29) is 17.6 Å². The van der Waals surface area contributed by atoms with Crippen LogP contribution in [-0.4, -0.2) is 33.5 Å². The monoisotopic (exact) mass is 448 g/mol. The second-order valence-corrected chi connectivity index (χ2v) is 12.7. The Kier molecular flexibility index (Phi) is 7.05. The van der Waals surface area contributed by atoms with Gasteiger partial charge in [-0.15, -0.1) is 0 Å². The van der Waals surface area contributed by atoms with Gasteiger partial charge in [-0.1, -0.05) is 47.0 Å². The summed E-state index contributed by atoms with van der Waals surface area (Å²) in [6, 6.07) is 0. The lowest BCUT2D eigenvalue weighted by Crippen LogP contribution is -2.62. The normalized spacial score (nSPS) is 49.1. The van der Waals surface area contributed by atoms with Crippen LogP contribution in [0.1, 0.15) is 105 Å². The first-order chi connectivity index (χ1) is 15.1. The van der Waals surface area contributed by atoms with Crippen LogP contribution in [0.5, 0.6) is 0 Å². The van der Waals surface area contributed by atoms with E-state index in [0.717, 1.165) is 44.9 Å². The van der Waals surface area contributed by atoms with E-state index < -0.39 is 5.97 Å². The number of rotatable bonds is 7. The molecule has 11 atom stereocenters. The highest BCUT2D eigenvalue weighted by Crippen LogP contribution is 2.69. The molecule has 0 saturated heterocycles. The van der Waals surface area contributed by atoms with Crippen molar-refractivity contribution < 1.29 is 20.1 Å². The lowest BCUT2D eigenvalue weighted by atomic mass is 9.41. The minimum Gasteiger partial charge on any atom is -0.481 e. The van der Waals surface area contributed by atoms with Gasteiger partial charge in [-0.2, -0.15) is 0 Å². The van der Waals surface area contributed by atoms with E-state index >= 15 is 0 Å². The summed E-state index contributed by atoms with van der Waals surface area (Å²) in [5, 5.41) is 31.2. The summed E-state index contributed by atoms with van der Waals surface area (Å²) in [6.45, 7) is 9.69. The smallest absolute Gasteiger partial charge is 0.303 e. The van der Waals surface area contributed by atoms with Crippen LogP contribution in [0, 0.1) is 52.3 Å². The third-order valence-electron chi connectivity index (χ3n) is 11.5. The van der Waals surface area contributed by atoms with Gasteiger partial charge in [0.1, 0.15) is 0 Å². The number of carbonyl (C=O) groups is 1. The van der Waals surface area contributed by atoms with Crippen molar-refractivity contribution in [3.05, 3.63) is 0 Å². The van der Waals surface area contributed by atoms with Gasteiger partial charge in [0.05, 0.1) is 12.2 Å². The second-order valence-electron chi connectivity index (χ2n) is 12.7. The van der Waals surface area contributed by atoms with Crippen molar-refractivity contribution in [1.82, 2.24) is 0 Å². The fraction of sp³-hybridized carbons (Fsp3) is 0.964. The summed E-state index contributed by atoms with van der Waals surface area (Å²) < 4.78 is 0. The van der Waals surface area contributed by atoms with Crippen LogP contribution in [0.25, 0.3) is 0 Å². The van der Waals surface area contributed by atoms with Gasteiger partial charge in [0.2, 0.25) is 0 Å². The zero-order valence-corrected chi connectivity index (χ0v) is 20.9. The van der Waals surface area contributed by atoms with Crippen LogP contribution in [-0.2, 0) is 4.79 Å². The fourth-order valence-corrected chi connectivity index (χ4v) is 9.88. The molecule has 4 fully saturated rings. The van der Waals surface area contributed by atoms with Crippen LogP contribution < -0.4 is 0 Å². The van der Waals surface area contributed by atoms with Gasteiger partial charge in [0.25, 0.3) is 0 Å². The molecule has 0 aromatic carbocycles. The Balaban J connectivity index is 1.53. The predicted octanol–water partition coefficient (Wildman–Crippen LogP) is 5.89. The van der Waals surface area contributed by atoms with Crippen molar-refractivity contribution in [2.24, 2.45) is 52.3 Å². The summed E-state index contributed by atoms with van der Waals surface area (Å²) in [7, 11) is 0. The Morgan fingerprint density at radius 2 is 1.66 bits per heavy atom. The average Bonchev–Trinajstić information content (AvgIpc) is 3.09. The number of aliphatic hydroxyl groups excluding tert-OH is 2. The van der Waals surface area contributed by atoms with Gasteiger partial charge in [-0.05, 0) is 104 Å². The number of unbranched alkanes of at least 4 members (excludes halogenated alkanes) is 1. The first-order valence-electron chi connectivity index (χ1n) is 13.7. The Labute approximate surface area is 195 Å². The molecular formula is C28H48O4. The molecule has 0 aliphatic heterocycles. The van der Waals surface area contributed by atoms with Crippen molar-refractivity contribution in [1.29, 1.82) is 0 Å². The van der Waals surface area contributed by atoms with Gasteiger partial charge in [0, 0.05) is 6.42 Å². The third kappa shape index (κ3) is 3.96. The summed E-state index contributed by atoms with van der Waals surface area (Å²) in [5.74, 6) is 3.06. The van der Waals surface area contributed by atoms with Crippen LogP contribution in [0.2, 0.25) is 0 Å².